The van der Waals surface area contributed by atoms with Crippen LogP contribution in [0.5, 0.6) is 0 Å². The summed E-state index contributed by atoms with van der Waals surface area (Å²) >= 11 is 6.22. The molecular formula is C19H22ClN7O2. The number of aromatic nitrogens is 4. The van der Waals surface area contributed by atoms with Gasteiger partial charge in [0.05, 0.1) is 30.7 Å². The van der Waals surface area contributed by atoms with Crippen LogP contribution in [0.15, 0.2) is 48.9 Å². The highest BCUT2D eigenvalue weighted by Gasteiger charge is 2.14. The summed E-state index contributed by atoms with van der Waals surface area (Å²) < 4.78 is 1.52. The fraction of sp³-hybridized carbons (Fsp3) is 0.263. The lowest BCUT2D eigenvalue weighted by atomic mass is 10.1. The van der Waals surface area contributed by atoms with Crippen molar-refractivity contribution in [3.05, 3.63) is 59.5 Å². The Morgan fingerprint density at radius 2 is 2.03 bits per heavy atom. The normalized spacial score (nSPS) is 11.7. The van der Waals surface area contributed by atoms with E-state index >= 15 is 0 Å². The first-order valence-corrected chi connectivity index (χ1v) is 9.28. The number of halogens is 1. The largest absolute Gasteiger partial charge is 0.394 e. The van der Waals surface area contributed by atoms with Crippen molar-refractivity contribution in [2.75, 3.05) is 31.3 Å². The maximum absolute atomic E-state index is 11.8. The molecule has 0 aliphatic carbocycles. The molecule has 10 heteroatoms. The van der Waals surface area contributed by atoms with Gasteiger partial charge in [-0.05, 0) is 5.56 Å². The van der Waals surface area contributed by atoms with Crippen LogP contribution in [0.1, 0.15) is 11.6 Å². The van der Waals surface area contributed by atoms with Gasteiger partial charge in [-0.2, -0.15) is 10.1 Å². The third-order valence-electron chi connectivity index (χ3n) is 4.13. The van der Waals surface area contributed by atoms with Gasteiger partial charge in [0.15, 0.2) is 5.82 Å². The zero-order valence-corrected chi connectivity index (χ0v) is 16.8. The topological polar surface area (TPSA) is 108 Å². The van der Waals surface area contributed by atoms with E-state index in [4.69, 9.17) is 11.6 Å². The maximum atomic E-state index is 11.8. The van der Waals surface area contributed by atoms with Gasteiger partial charge in [0.1, 0.15) is 11.6 Å². The van der Waals surface area contributed by atoms with E-state index in [9.17, 15) is 9.90 Å². The first-order valence-electron chi connectivity index (χ1n) is 8.90. The monoisotopic (exact) mass is 415 g/mol. The van der Waals surface area contributed by atoms with E-state index in [1.807, 2.05) is 30.3 Å². The zero-order valence-electron chi connectivity index (χ0n) is 16.1. The smallest absolute Gasteiger partial charge is 0.243 e. The first-order chi connectivity index (χ1) is 14.0. The van der Waals surface area contributed by atoms with E-state index in [0.29, 0.717) is 22.5 Å². The van der Waals surface area contributed by atoms with Crippen molar-refractivity contribution in [1.29, 1.82) is 0 Å². The van der Waals surface area contributed by atoms with Crippen molar-refractivity contribution in [3.8, 4) is 0 Å². The molecule has 152 valence electrons. The van der Waals surface area contributed by atoms with Crippen LogP contribution in [0, 0.1) is 0 Å². The van der Waals surface area contributed by atoms with Crippen molar-refractivity contribution in [1.82, 2.24) is 24.6 Å². The van der Waals surface area contributed by atoms with Gasteiger partial charge in [0, 0.05) is 20.3 Å². The van der Waals surface area contributed by atoms with Crippen LogP contribution in [0.3, 0.4) is 0 Å². The molecule has 3 N–H and O–H groups in total. The third-order valence-corrected chi connectivity index (χ3v) is 4.40. The Balaban J connectivity index is 1.72. The number of benzene rings is 1. The van der Waals surface area contributed by atoms with Crippen molar-refractivity contribution < 1.29 is 9.90 Å². The molecule has 0 saturated carbocycles. The van der Waals surface area contributed by atoms with Gasteiger partial charge in [0.25, 0.3) is 0 Å². The lowest BCUT2D eigenvalue weighted by Gasteiger charge is -2.18. The Labute approximate surface area is 173 Å². The van der Waals surface area contributed by atoms with Crippen LogP contribution >= 0.6 is 11.6 Å². The highest BCUT2D eigenvalue weighted by molar-refractivity contribution is 6.32. The van der Waals surface area contributed by atoms with E-state index in [1.54, 1.807) is 26.5 Å². The molecule has 0 aliphatic heterocycles. The summed E-state index contributed by atoms with van der Waals surface area (Å²) in [6.07, 6.45) is 4.74. The molecule has 1 aromatic carbocycles. The summed E-state index contributed by atoms with van der Waals surface area (Å²) in [6, 6.07) is 9.15. The number of likely N-dealkylation sites (N-methyl/N-ethyl adjacent to an activating group) is 1. The fourth-order valence-electron chi connectivity index (χ4n) is 2.54. The van der Waals surface area contributed by atoms with Crippen LogP contribution in [-0.2, 0) is 11.3 Å². The first kappa shape index (κ1) is 20.6. The number of anilines is 3. The second-order valence-corrected chi connectivity index (χ2v) is 6.93. The molecule has 0 radical (unpaired) electrons. The number of rotatable bonds is 8. The van der Waals surface area contributed by atoms with Crippen LogP contribution in [0.25, 0.3) is 0 Å². The number of aliphatic hydroxyl groups excluding tert-OH is 1. The molecule has 9 nitrogen and oxygen atoms in total. The summed E-state index contributed by atoms with van der Waals surface area (Å²) in [7, 11) is 3.38. The number of nitrogens with zero attached hydrogens (tertiary/aromatic N) is 5. The lowest BCUT2D eigenvalue weighted by Crippen LogP contribution is -2.26. The Morgan fingerprint density at radius 1 is 1.28 bits per heavy atom. The number of hydrogen-bond donors (Lipinski definition) is 3. The average molecular weight is 416 g/mol. The Kier molecular flexibility index (Phi) is 6.63. The summed E-state index contributed by atoms with van der Waals surface area (Å²) in [5.74, 6) is 0.632. The van der Waals surface area contributed by atoms with E-state index in [0.717, 1.165) is 5.56 Å². The van der Waals surface area contributed by atoms with Crippen LogP contribution in [0.2, 0.25) is 5.02 Å². The Morgan fingerprint density at radius 3 is 2.72 bits per heavy atom. The predicted molar refractivity (Wildman–Crippen MR) is 111 cm³/mol. The molecule has 3 aromatic rings. The summed E-state index contributed by atoms with van der Waals surface area (Å²) in [4.78, 5) is 21.8. The molecule has 0 bridgehead atoms. The number of carbonyl (C=O) groups excluding carboxylic acids is 1. The van der Waals surface area contributed by atoms with Crippen LogP contribution in [-0.4, -0.2) is 56.4 Å². The van der Waals surface area contributed by atoms with Gasteiger partial charge in [-0.15, -0.1) is 0 Å². The molecule has 0 spiro atoms. The second-order valence-electron chi connectivity index (χ2n) is 6.52. The molecule has 3 rings (SSSR count). The molecule has 0 fully saturated rings. The molecule has 0 aliphatic rings. The number of amides is 1. The second kappa shape index (κ2) is 9.35. The molecule has 1 amide bonds. The molecule has 1 unspecified atom stereocenters. The van der Waals surface area contributed by atoms with E-state index in [-0.39, 0.29) is 25.1 Å². The van der Waals surface area contributed by atoms with Crippen molar-refractivity contribution in [2.24, 2.45) is 0 Å². The molecule has 2 aromatic heterocycles. The van der Waals surface area contributed by atoms with Crippen molar-refractivity contribution in [2.45, 2.75) is 12.6 Å². The zero-order chi connectivity index (χ0) is 20.8. The molecule has 2 heterocycles. The summed E-state index contributed by atoms with van der Waals surface area (Å²) in [6.45, 7) is 0.0119. The number of nitrogens with one attached hydrogen (secondary N) is 2. The molecule has 0 saturated heterocycles. The van der Waals surface area contributed by atoms with Crippen molar-refractivity contribution >= 4 is 35.0 Å². The SMILES string of the molecule is CN(C)C(=O)Cn1cc(Nc2ncc(Cl)c(NC(CO)c3ccccc3)n2)cn1. The van der Waals surface area contributed by atoms with Gasteiger partial charge in [0.2, 0.25) is 11.9 Å². The third kappa shape index (κ3) is 5.43. The van der Waals surface area contributed by atoms with Gasteiger partial charge >= 0.3 is 0 Å². The minimum atomic E-state index is -0.365. The number of carbonyl (C=O) groups is 1. The molecule has 29 heavy (non-hydrogen) atoms. The Hall–Kier alpha value is -3.17. The summed E-state index contributed by atoms with van der Waals surface area (Å²) in [5, 5.41) is 20.4. The predicted octanol–water partition coefficient (Wildman–Crippen LogP) is 2.30. The van der Waals surface area contributed by atoms with Crippen LogP contribution < -0.4 is 10.6 Å². The molecular weight excluding hydrogens is 394 g/mol. The minimum Gasteiger partial charge on any atom is -0.394 e. The van der Waals surface area contributed by atoms with Gasteiger partial charge in [-0.25, -0.2) is 4.98 Å². The fourth-order valence-corrected chi connectivity index (χ4v) is 2.68. The van der Waals surface area contributed by atoms with Gasteiger partial charge < -0.3 is 20.6 Å². The number of aliphatic hydroxyl groups is 1. The maximum Gasteiger partial charge on any atom is 0.243 e. The number of hydrogen-bond acceptors (Lipinski definition) is 7. The van der Waals surface area contributed by atoms with Crippen molar-refractivity contribution in [3.63, 3.8) is 0 Å². The van der Waals surface area contributed by atoms with E-state index in [1.165, 1.54) is 15.8 Å². The molecule has 1 atom stereocenters. The standard InChI is InChI=1S/C19H22ClN7O2/c1-26(2)17(29)11-27-10-14(8-22-27)23-19-21-9-15(20)18(25-19)24-16(12-28)13-6-4-3-5-7-13/h3-10,16,28H,11-12H2,1-2H3,(H2,21,23,24,25). The van der Waals surface area contributed by atoms with Gasteiger partial charge in [-0.1, -0.05) is 41.9 Å². The van der Waals surface area contributed by atoms with E-state index in [2.05, 4.69) is 25.7 Å². The lowest BCUT2D eigenvalue weighted by molar-refractivity contribution is -0.129. The average Bonchev–Trinajstić information content (AvgIpc) is 3.15. The van der Waals surface area contributed by atoms with Crippen LogP contribution in [0.4, 0.5) is 17.5 Å². The Bertz CT molecular complexity index is 962. The quantitative estimate of drug-likeness (QED) is 0.518. The summed E-state index contributed by atoms with van der Waals surface area (Å²) in [5.41, 5.74) is 1.54. The van der Waals surface area contributed by atoms with E-state index < -0.39 is 0 Å². The highest BCUT2D eigenvalue weighted by atomic mass is 35.5. The van der Waals surface area contributed by atoms with Gasteiger partial charge in [-0.3, -0.25) is 9.48 Å². The highest BCUT2D eigenvalue weighted by Crippen LogP contribution is 2.25. The minimum absolute atomic E-state index is 0.0650.